The van der Waals surface area contributed by atoms with Gasteiger partial charge in [-0.2, -0.15) is 0 Å². The number of anilines is 1. The Labute approximate surface area is 210 Å². The Morgan fingerprint density at radius 1 is 1.06 bits per heavy atom. The van der Waals surface area contributed by atoms with Gasteiger partial charge in [-0.1, -0.05) is 25.5 Å². The summed E-state index contributed by atoms with van der Waals surface area (Å²) in [5.74, 6) is -0.540. The van der Waals surface area contributed by atoms with Crippen molar-refractivity contribution in [3.63, 3.8) is 0 Å². The Morgan fingerprint density at radius 3 is 2.03 bits per heavy atom. The van der Waals surface area contributed by atoms with Crippen LogP contribution >= 0.6 is 7.82 Å². The van der Waals surface area contributed by atoms with Gasteiger partial charge in [-0.3, -0.25) is 0 Å². The zero-order chi connectivity index (χ0) is 27.9. The van der Waals surface area contributed by atoms with E-state index in [-0.39, 0.29) is 11.0 Å². The summed E-state index contributed by atoms with van der Waals surface area (Å²) in [5, 5.41) is 25.3. The highest BCUT2D eigenvalue weighted by atomic mass is 31.2. The predicted molar refractivity (Wildman–Crippen MR) is 136 cm³/mol. The number of likely N-dealkylation sites (tertiary alicyclic amines) is 1. The van der Waals surface area contributed by atoms with Gasteiger partial charge in [0.1, 0.15) is 5.75 Å². The molecule has 1 heterocycles. The van der Waals surface area contributed by atoms with E-state index < -0.39 is 19.9 Å². The lowest BCUT2D eigenvalue weighted by atomic mass is 9.74. The smallest absolute Gasteiger partial charge is 0.466 e. The Kier molecular flexibility index (Phi) is 14.4. The first-order chi connectivity index (χ1) is 16.6. The number of hydrogen-bond donors (Lipinski definition) is 8. The van der Waals surface area contributed by atoms with Gasteiger partial charge < -0.3 is 46.4 Å². The number of hydrogen-bond acceptors (Lipinski definition) is 6. The first-order valence-electron chi connectivity index (χ1n) is 10.9. The number of carbonyl (C=O) groups is 2. The number of phosphoric acid groups is 1. The van der Waals surface area contributed by atoms with E-state index in [2.05, 4.69) is 30.7 Å². The van der Waals surface area contributed by atoms with E-state index in [1.54, 1.807) is 18.2 Å². The number of benzene rings is 2. The monoisotopic (exact) mass is 529 g/mol. The van der Waals surface area contributed by atoms with Crippen LogP contribution < -0.4 is 11.5 Å². The molecule has 2 aromatic rings. The van der Waals surface area contributed by atoms with Crippen molar-refractivity contribution < 1.29 is 44.2 Å². The molecule has 202 valence electrons. The van der Waals surface area contributed by atoms with Gasteiger partial charge in [0, 0.05) is 17.6 Å². The van der Waals surface area contributed by atoms with Crippen LogP contribution in [0.1, 0.15) is 48.5 Å². The van der Waals surface area contributed by atoms with Crippen LogP contribution in [0.4, 0.5) is 10.5 Å². The molecule has 12 nitrogen and oxygen atoms in total. The lowest BCUT2D eigenvalue weighted by Crippen LogP contribution is -2.37. The van der Waals surface area contributed by atoms with Crippen LogP contribution in [-0.4, -0.2) is 67.1 Å². The highest BCUT2D eigenvalue weighted by molar-refractivity contribution is 7.45. The fraction of sp³-hybridized carbons (Fsp3) is 0.391. The molecule has 1 fully saturated rings. The van der Waals surface area contributed by atoms with E-state index in [1.807, 2.05) is 12.1 Å². The molecule has 0 saturated carbocycles. The molecule has 0 bridgehead atoms. The predicted octanol–water partition coefficient (Wildman–Crippen LogP) is 2.82. The third kappa shape index (κ3) is 15.0. The summed E-state index contributed by atoms with van der Waals surface area (Å²) in [4.78, 5) is 43.0. The van der Waals surface area contributed by atoms with E-state index in [9.17, 15) is 9.90 Å². The number of rotatable bonds is 3. The second kappa shape index (κ2) is 15.8. The number of amides is 1. The number of aromatic carboxylic acids is 1. The Balaban J connectivity index is 0.000000544. The summed E-state index contributed by atoms with van der Waals surface area (Å²) in [5.41, 5.74) is 11.7. The van der Waals surface area contributed by atoms with Crippen molar-refractivity contribution in [3.8, 4) is 5.75 Å². The fourth-order valence-electron chi connectivity index (χ4n) is 3.71. The highest BCUT2D eigenvalue weighted by Gasteiger charge is 2.33. The van der Waals surface area contributed by atoms with Gasteiger partial charge in [0.25, 0.3) is 0 Å². The average molecular weight is 530 g/mol. The molecule has 1 saturated heterocycles. The molecule has 2 aromatic carbocycles. The molecule has 1 atom stereocenters. The summed E-state index contributed by atoms with van der Waals surface area (Å²) >= 11 is 0. The molecule has 1 unspecified atom stereocenters. The van der Waals surface area contributed by atoms with Gasteiger partial charge in [0.15, 0.2) is 0 Å². The normalized spacial score (nSPS) is 17.5. The van der Waals surface area contributed by atoms with Crippen molar-refractivity contribution in [2.75, 3.05) is 25.9 Å². The summed E-state index contributed by atoms with van der Waals surface area (Å²) in [6.07, 6.45) is 3.61. The number of phenols is 1. The van der Waals surface area contributed by atoms with Gasteiger partial charge in [-0.05, 0) is 74.8 Å². The topological polar surface area (TPSA) is 228 Å². The summed E-state index contributed by atoms with van der Waals surface area (Å²) in [6.45, 7) is 4.57. The molecule has 1 amide bonds. The maximum absolute atomic E-state index is 10.3. The number of carboxylic acids is 1. The molecule has 10 N–H and O–H groups in total. The standard InChI is InChI=1S/C15H23NO.C7H7NO2.CH3NO2.H3O4P/c1-3-15(9-4-5-10-16(2)12-15)13-7-6-8-14(17)11-13;8-6-3-1-5(2-4-6)7(9)10;2-1(3)4;1-5(2,3)4/h6-8,11,17H,3-5,9-10,12H2,1-2H3;1-4H,8H2,(H,9,10);2H2,(H,3,4);(H3,1,2,3,4). The first kappa shape index (κ1) is 32.8. The van der Waals surface area contributed by atoms with E-state index in [4.69, 9.17) is 40.0 Å². The third-order valence-electron chi connectivity index (χ3n) is 5.31. The Hall–Kier alpha value is -3.15. The number of nitrogens with zero attached hydrogens (tertiary/aromatic N) is 1. The second-order valence-electron chi connectivity index (χ2n) is 8.16. The van der Waals surface area contributed by atoms with Crippen molar-refractivity contribution in [3.05, 3.63) is 59.7 Å². The number of aromatic hydroxyl groups is 1. The van der Waals surface area contributed by atoms with Crippen LogP contribution in [0.2, 0.25) is 0 Å². The van der Waals surface area contributed by atoms with Crippen molar-refractivity contribution in [2.45, 2.75) is 38.0 Å². The zero-order valence-electron chi connectivity index (χ0n) is 20.3. The minimum absolute atomic E-state index is 0.226. The van der Waals surface area contributed by atoms with Crippen molar-refractivity contribution in [2.24, 2.45) is 5.73 Å². The molecule has 13 heteroatoms. The number of carboxylic acid groups (broad SMARTS) is 2. The van der Waals surface area contributed by atoms with Crippen molar-refractivity contribution in [1.82, 2.24) is 4.90 Å². The zero-order valence-corrected chi connectivity index (χ0v) is 21.2. The number of nitrogens with two attached hydrogens (primary N) is 2. The Morgan fingerprint density at radius 2 is 1.58 bits per heavy atom. The minimum Gasteiger partial charge on any atom is -0.508 e. The highest BCUT2D eigenvalue weighted by Crippen LogP contribution is 2.37. The van der Waals surface area contributed by atoms with Crippen LogP contribution in [0.5, 0.6) is 5.75 Å². The lowest BCUT2D eigenvalue weighted by molar-refractivity contribution is 0.0696. The molecule has 0 aromatic heterocycles. The summed E-state index contributed by atoms with van der Waals surface area (Å²) < 4.78 is 8.88. The quantitative estimate of drug-likeness (QED) is 0.213. The van der Waals surface area contributed by atoms with Gasteiger partial charge in [-0.15, -0.1) is 0 Å². The maximum Gasteiger partial charge on any atom is 0.466 e. The van der Waals surface area contributed by atoms with E-state index >= 15 is 0 Å². The van der Waals surface area contributed by atoms with Gasteiger partial charge >= 0.3 is 19.9 Å². The van der Waals surface area contributed by atoms with Gasteiger partial charge in [0.2, 0.25) is 0 Å². The molecule has 1 aliphatic rings. The van der Waals surface area contributed by atoms with E-state index in [1.165, 1.54) is 43.5 Å². The molecular weight excluding hydrogens is 493 g/mol. The summed E-state index contributed by atoms with van der Waals surface area (Å²) in [6, 6.07) is 13.9. The minimum atomic E-state index is -4.64. The van der Waals surface area contributed by atoms with Gasteiger partial charge in [-0.25, -0.2) is 14.2 Å². The third-order valence-corrected chi connectivity index (χ3v) is 5.31. The number of likely N-dealkylation sites (N-methyl/N-ethyl adjacent to an activating group) is 1. The molecule has 3 rings (SSSR count). The first-order valence-corrected chi connectivity index (χ1v) is 12.5. The van der Waals surface area contributed by atoms with E-state index in [0.717, 1.165) is 13.0 Å². The molecule has 0 aliphatic carbocycles. The van der Waals surface area contributed by atoms with Gasteiger partial charge in [0.05, 0.1) is 5.56 Å². The second-order valence-corrected chi connectivity index (χ2v) is 9.18. The molecule has 0 radical (unpaired) electrons. The van der Waals surface area contributed by atoms with Crippen LogP contribution in [0.15, 0.2) is 48.5 Å². The largest absolute Gasteiger partial charge is 0.508 e. The lowest BCUT2D eigenvalue weighted by Gasteiger charge is -2.35. The van der Waals surface area contributed by atoms with Crippen molar-refractivity contribution >= 4 is 25.6 Å². The molecule has 1 aliphatic heterocycles. The van der Waals surface area contributed by atoms with Crippen LogP contribution in [-0.2, 0) is 9.98 Å². The molecule has 0 spiro atoms. The molecular formula is C23H36N3O9P. The number of nitrogen functional groups attached to an aromatic ring is 1. The average Bonchev–Trinajstić information content (AvgIpc) is 2.95. The summed E-state index contributed by atoms with van der Waals surface area (Å²) in [7, 11) is -2.43. The molecule has 36 heavy (non-hydrogen) atoms. The van der Waals surface area contributed by atoms with Crippen LogP contribution in [0, 0.1) is 0 Å². The fourth-order valence-corrected chi connectivity index (χ4v) is 3.71. The SMILES string of the molecule is CCC1(c2cccc(O)c2)CCCCN(C)C1.NC(=O)O.Nc1ccc(C(=O)O)cc1.O=P(O)(O)O. The van der Waals surface area contributed by atoms with Crippen molar-refractivity contribution in [1.29, 1.82) is 0 Å². The Bertz CT molecular complexity index is 986. The van der Waals surface area contributed by atoms with Crippen LogP contribution in [0.3, 0.4) is 0 Å². The number of phenolic OH excluding ortho intramolecular Hbond substituents is 1. The maximum atomic E-state index is 10.3. The number of primary amides is 1. The van der Waals surface area contributed by atoms with E-state index in [0.29, 0.717) is 11.4 Å². The van der Waals surface area contributed by atoms with Crippen LogP contribution in [0.25, 0.3) is 0 Å².